The average molecular weight is 366 g/mol. The molecule has 4 heterocycles. The van der Waals surface area contributed by atoms with Crippen molar-refractivity contribution in [2.45, 2.75) is 57.7 Å². The molecular weight excluding hydrogens is 340 g/mol. The van der Waals surface area contributed by atoms with Gasteiger partial charge in [-0.05, 0) is 44.7 Å². The van der Waals surface area contributed by atoms with Crippen LogP contribution in [0.3, 0.4) is 0 Å². The number of nitrogens with zero attached hydrogens (tertiary/aromatic N) is 6. The second-order valence-electron chi connectivity index (χ2n) is 8.09. The predicted octanol–water partition coefficient (Wildman–Crippen LogP) is 1.18. The smallest absolute Gasteiger partial charge is 0.267 e. The van der Waals surface area contributed by atoms with Gasteiger partial charge in [-0.15, -0.1) is 0 Å². The molecule has 0 aromatic carbocycles. The topological polar surface area (TPSA) is 67.2 Å². The van der Waals surface area contributed by atoms with Crippen LogP contribution < -0.4 is 10.5 Å². The standard InChI is InChI=1S/C20H26N6O/c1-24-9-7-18-16(12-24)20(22-13-21-18)25-8-3-5-15(25)11-26-19(27)10-14-4-2-6-17(14)23-26/h10,13,15H,2-9,11-12H2,1H3. The molecule has 2 aromatic rings. The van der Waals surface area contributed by atoms with Crippen LogP contribution in [0.1, 0.15) is 41.8 Å². The summed E-state index contributed by atoms with van der Waals surface area (Å²) in [5.74, 6) is 1.06. The van der Waals surface area contributed by atoms with Crippen LogP contribution in [-0.4, -0.2) is 50.8 Å². The minimum absolute atomic E-state index is 0.0342. The Balaban J connectivity index is 1.45. The molecule has 5 rings (SSSR count). The van der Waals surface area contributed by atoms with Crippen LogP contribution in [0.2, 0.25) is 0 Å². The third-order valence-corrected chi connectivity index (χ3v) is 6.23. The van der Waals surface area contributed by atoms with E-state index in [1.807, 2.05) is 0 Å². The first-order chi connectivity index (χ1) is 13.2. The number of anilines is 1. The normalized spacial score (nSPS) is 22.1. The van der Waals surface area contributed by atoms with E-state index in [9.17, 15) is 4.79 Å². The fourth-order valence-electron chi connectivity index (χ4n) is 4.78. The van der Waals surface area contributed by atoms with Gasteiger partial charge in [0, 0.05) is 37.7 Å². The highest BCUT2D eigenvalue weighted by atomic mass is 16.1. The maximum absolute atomic E-state index is 12.5. The van der Waals surface area contributed by atoms with Crippen molar-refractivity contribution in [1.29, 1.82) is 0 Å². The molecule has 1 unspecified atom stereocenters. The summed E-state index contributed by atoms with van der Waals surface area (Å²) in [4.78, 5) is 26.4. The Kier molecular flexibility index (Phi) is 4.19. The van der Waals surface area contributed by atoms with E-state index in [4.69, 9.17) is 0 Å². The molecule has 7 heteroatoms. The summed E-state index contributed by atoms with van der Waals surface area (Å²) in [6.07, 6.45) is 7.98. The van der Waals surface area contributed by atoms with Gasteiger partial charge in [-0.2, -0.15) is 5.10 Å². The maximum atomic E-state index is 12.5. The van der Waals surface area contributed by atoms with Crippen LogP contribution in [0.25, 0.3) is 0 Å². The number of aromatic nitrogens is 4. The van der Waals surface area contributed by atoms with Crippen LogP contribution in [0.15, 0.2) is 17.2 Å². The zero-order valence-electron chi connectivity index (χ0n) is 15.9. The van der Waals surface area contributed by atoms with Gasteiger partial charge in [-0.3, -0.25) is 4.79 Å². The number of aryl methyl sites for hydroxylation is 2. The minimum atomic E-state index is 0.0342. The first-order valence-corrected chi connectivity index (χ1v) is 10.1. The summed E-state index contributed by atoms with van der Waals surface area (Å²) in [6.45, 7) is 3.56. The molecule has 0 amide bonds. The Hall–Kier alpha value is -2.28. The van der Waals surface area contributed by atoms with Crippen molar-refractivity contribution < 1.29 is 0 Å². The number of hydrogen-bond acceptors (Lipinski definition) is 6. The molecule has 2 aromatic heterocycles. The van der Waals surface area contributed by atoms with E-state index in [1.54, 1.807) is 17.1 Å². The molecule has 0 spiro atoms. The Morgan fingerprint density at radius 1 is 1.11 bits per heavy atom. The second-order valence-corrected chi connectivity index (χ2v) is 8.09. The molecule has 1 fully saturated rings. The van der Waals surface area contributed by atoms with Gasteiger partial charge in [0.15, 0.2) is 0 Å². The SMILES string of the molecule is CN1CCc2ncnc(N3CCCC3Cn3nc4c(cc3=O)CCC4)c2C1. The largest absolute Gasteiger partial charge is 0.351 e. The molecule has 3 aliphatic rings. The summed E-state index contributed by atoms with van der Waals surface area (Å²) >= 11 is 0. The van der Waals surface area contributed by atoms with E-state index >= 15 is 0 Å². The van der Waals surface area contributed by atoms with Gasteiger partial charge in [0.05, 0.1) is 24.0 Å². The quantitative estimate of drug-likeness (QED) is 0.813. The molecule has 142 valence electrons. The zero-order valence-corrected chi connectivity index (χ0v) is 15.9. The fraction of sp³-hybridized carbons (Fsp3) is 0.600. The van der Waals surface area contributed by atoms with Crippen molar-refractivity contribution in [1.82, 2.24) is 24.6 Å². The van der Waals surface area contributed by atoms with Gasteiger partial charge in [-0.1, -0.05) is 0 Å². The summed E-state index contributed by atoms with van der Waals surface area (Å²) in [5, 5.41) is 4.68. The average Bonchev–Trinajstić information content (AvgIpc) is 3.30. The zero-order chi connectivity index (χ0) is 18.4. The monoisotopic (exact) mass is 366 g/mol. The highest BCUT2D eigenvalue weighted by molar-refractivity contribution is 5.51. The van der Waals surface area contributed by atoms with E-state index in [2.05, 4.69) is 31.9 Å². The molecule has 1 saturated heterocycles. The molecule has 7 nitrogen and oxygen atoms in total. The van der Waals surface area contributed by atoms with E-state index < -0.39 is 0 Å². The summed E-state index contributed by atoms with van der Waals surface area (Å²) in [5.41, 5.74) is 4.73. The fourth-order valence-corrected chi connectivity index (χ4v) is 4.78. The number of likely N-dealkylation sites (N-methyl/N-ethyl adjacent to an activating group) is 1. The summed E-state index contributed by atoms with van der Waals surface area (Å²) in [7, 11) is 2.15. The molecule has 0 saturated carbocycles. The molecule has 2 aliphatic heterocycles. The van der Waals surface area contributed by atoms with Gasteiger partial charge in [-0.25, -0.2) is 14.6 Å². The molecule has 0 bridgehead atoms. The second kappa shape index (κ2) is 6.71. The molecule has 27 heavy (non-hydrogen) atoms. The molecule has 1 aliphatic carbocycles. The highest BCUT2D eigenvalue weighted by Crippen LogP contribution is 2.31. The molecular formula is C20H26N6O. The van der Waals surface area contributed by atoms with E-state index in [0.717, 1.165) is 75.2 Å². The van der Waals surface area contributed by atoms with Crippen LogP contribution >= 0.6 is 0 Å². The van der Waals surface area contributed by atoms with Crippen LogP contribution in [-0.2, 0) is 32.4 Å². The van der Waals surface area contributed by atoms with Crippen molar-refractivity contribution in [3.05, 3.63) is 45.3 Å². The first kappa shape index (κ1) is 16.9. The Morgan fingerprint density at radius 2 is 2.04 bits per heavy atom. The van der Waals surface area contributed by atoms with Crippen LogP contribution in [0.4, 0.5) is 5.82 Å². The lowest BCUT2D eigenvalue weighted by Crippen LogP contribution is -2.39. The number of fused-ring (bicyclic) bond motifs is 2. The van der Waals surface area contributed by atoms with Crippen LogP contribution in [0, 0.1) is 0 Å². The van der Waals surface area contributed by atoms with Gasteiger partial charge in [0.25, 0.3) is 5.56 Å². The number of rotatable bonds is 3. The maximum Gasteiger partial charge on any atom is 0.267 e. The van der Waals surface area contributed by atoms with Crippen molar-refractivity contribution in [3.63, 3.8) is 0 Å². The highest BCUT2D eigenvalue weighted by Gasteiger charge is 2.31. The number of hydrogen-bond donors (Lipinski definition) is 0. The van der Waals surface area contributed by atoms with Gasteiger partial charge in [0.2, 0.25) is 0 Å². The Labute approximate surface area is 159 Å². The lowest BCUT2D eigenvalue weighted by molar-refractivity contribution is 0.309. The molecule has 0 radical (unpaired) electrons. The van der Waals surface area contributed by atoms with Gasteiger partial charge >= 0.3 is 0 Å². The Bertz CT molecular complexity index is 923. The third-order valence-electron chi connectivity index (χ3n) is 6.23. The summed E-state index contributed by atoms with van der Waals surface area (Å²) < 4.78 is 1.69. The molecule has 1 atom stereocenters. The van der Waals surface area contributed by atoms with E-state index in [0.29, 0.717) is 6.54 Å². The van der Waals surface area contributed by atoms with Crippen molar-refractivity contribution in [2.24, 2.45) is 0 Å². The van der Waals surface area contributed by atoms with E-state index in [1.165, 1.54) is 11.3 Å². The lowest BCUT2D eigenvalue weighted by Gasteiger charge is -2.32. The van der Waals surface area contributed by atoms with Crippen LogP contribution in [0.5, 0.6) is 0 Å². The van der Waals surface area contributed by atoms with Crippen molar-refractivity contribution >= 4 is 5.82 Å². The van der Waals surface area contributed by atoms with Crippen molar-refractivity contribution in [3.8, 4) is 0 Å². The lowest BCUT2D eigenvalue weighted by atomic mass is 10.1. The predicted molar refractivity (Wildman–Crippen MR) is 103 cm³/mol. The Morgan fingerprint density at radius 3 is 2.96 bits per heavy atom. The minimum Gasteiger partial charge on any atom is -0.351 e. The van der Waals surface area contributed by atoms with Crippen molar-refractivity contribution in [2.75, 3.05) is 25.0 Å². The molecule has 0 N–H and O–H groups in total. The van der Waals surface area contributed by atoms with Gasteiger partial charge < -0.3 is 9.80 Å². The first-order valence-electron chi connectivity index (χ1n) is 10.1. The summed E-state index contributed by atoms with van der Waals surface area (Å²) in [6, 6.07) is 2.07. The van der Waals surface area contributed by atoms with Gasteiger partial charge in [0.1, 0.15) is 12.1 Å². The third kappa shape index (κ3) is 3.04. The van der Waals surface area contributed by atoms with E-state index in [-0.39, 0.29) is 11.6 Å².